The van der Waals surface area contributed by atoms with Crippen LogP contribution in [0.1, 0.15) is 34.1 Å². The van der Waals surface area contributed by atoms with Crippen LogP contribution in [0.3, 0.4) is 0 Å². The van der Waals surface area contributed by atoms with Crippen molar-refractivity contribution >= 4 is 46.1 Å². The first kappa shape index (κ1) is 14.9. The van der Waals surface area contributed by atoms with Gasteiger partial charge in [0.05, 0.1) is 5.56 Å². The number of benzene rings is 1. The van der Waals surface area contributed by atoms with E-state index in [0.29, 0.717) is 21.7 Å². The molecule has 0 aliphatic heterocycles. The van der Waals surface area contributed by atoms with Gasteiger partial charge in [-0.15, -0.1) is 11.3 Å². The molecular formula is C16H15Cl2NOS. The summed E-state index contributed by atoms with van der Waals surface area (Å²) < 4.78 is 0. The van der Waals surface area contributed by atoms with Crippen LogP contribution in [0.25, 0.3) is 0 Å². The van der Waals surface area contributed by atoms with Crippen molar-refractivity contribution in [3.05, 3.63) is 49.6 Å². The lowest BCUT2D eigenvalue weighted by molar-refractivity contribution is 0.102. The highest BCUT2D eigenvalue weighted by Crippen LogP contribution is 2.33. The SMILES string of the molecule is CC1CCc2c(C(=O)Nc3cc(Cl)cc(Cl)c3)csc2C1. The number of hydrogen-bond donors (Lipinski definition) is 1. The van der Waals surface area contributed by atoms with Crippen molar-refractivity contribution in [2.75, 3.05) is 5.32 Å². The summed E-state index contributed by atoms with van der Waals surface area (Å²) in [5.74, 6) is 0.624. The van der Waals surface area contributed by atoms with Gasteiger partial charge in [0.2, 0.25) is 0 Å². The molecule has 1 atom stereocenters. The zero-order valence-corrected chi connectivity index (χ0v) is 13.9. The monoisotopic (exact) mass is 339 g/mol. The molecule has 0 saturated heterocycles. The van der Waals surface area contributed by atoms with E-state index in [0.717, 1.165) is 24.8 Å². The number of nitrogens with one attached hydrogen (secondary N) is 1. The number of thiophene rings is 1. The quantitative estimate of drug-likeness (QED) is 0.776. The molecule has 1 aliphatic rings. The van der Waals surface area contributed by atoms with Gasteiger partial charge in [0.25, 0.3) is 5.91 Å². The number of hydrogen-bond acceptors (Lipinski definition) is 2. The van der Waals surface area contributed by atoms with Crippen molar-refractivity contribution < 1.29 is 4.79 Å². The summed E-state index contributed by atoms with van der Waals surface area (Å²) in [6.07, 6.45) is 3.21. The molecule has 1 aliphatic carbocycles. The minimum absolute atomic E-state index is 0.0830. The van der Waals surface area contributed by atoms with Gasteiger partial charge >= 0.3 is 0 Å². The Balaban J connectivity index is 1.83. The van der Waals surface area contributed by atoms with Crippen molar-refractivity contribution in [1.29, 1.82) is 0 Å². The second-order valence-electron chi connectivity index (χ2n) is 5.51. The Bertz CT molecular complexity index is 675. The Hall–Kier alpha value is -1.03. The molecule has 5 heteroatoms. The second kappa shape index (κ2) is 5.99. The van der Waals surface area contributed by atoms with Crippen LogP contribution >= 0.6 is 34.5 Å². The zero-order chi connectivity index (χ0) is 15.0. The van der Waals surface area contributed by atoms with Gasteiger partial charge in [0.1, 0.15) is 0 Å². The predicted octanol–water partition coefficient (Wildman–Crippen LogP) is 5.43. The van der Waals surface area contributed by atoms with E-state index in [1.165, 1.54) is 10.4 Å². The molecular weight excluding hydrogens is 325 g/mol. The van der Waals surface area contributed by atoms with Gasteiger partial charge < -0.3 is 5.32 Å². The largest absolute Gasteiger partial charge is 0.322 e. The van der Waals surface area contributed by atoms with Crippen molar-refractivity contribution in [3.63, 3.8) is 0 Å². The van der Waals surface area contributed by atoms with Crippen molar-refractivity contribution in [2.45, 2.75) is 26.2 Å². The van der Waals surface area contributed by atoms with Crippen LogP contribution in [-0.4, -0.2) is 5.91 Å². The average Bonchev–Trinajstić information content (AvgIpc) is 2.80. The second-order valence-corrected chi connectivity index (χ2v) is 7.35. The third-order valence-electron chi connectivity index (χ3n) is 3.77. The van der Waals surface area contributed by atoms with Gasteiger partial charge in [0, 0.05) is 26.0 Å². The first-order chi connectivity index (χ1) is 10.0. The topological polar surface area (TPSA) is 29.1 Å². The predicted molar refractivity (Wildman–Crippen MR) is 89.9 cm³/mol. The van der Waals surface area contributed by atoms with Crippen LogP contribution in [-0.2, 0) is 12.8 Å². The molecule has 2 nitrogen and oxygen atoms in total. The van der Waals surface area contributed by atoms with Crippen molar-refractivity contribution in [3.8, 4) is 0 Å². The maximum absolute atomic E-state index is 12.5. The Labute approximate surface area is 138 Å². The van der Waals surface area contributed by atoms with Gasteiger partial charge in [0.15, 0.2) is 0 Å². The fourth-order valence-corrected chi connectivity index (χ4v) is 4.46. The number of carbonyl (C=O) groups excluding carboxylic acids is 1. The van der Waals surface area contributed by atoms with Crippen molar-refractivity contribution in [2.24, 2.45) is 5.92 Å². The molecule has 1 N–H and O–H groups in total. The fourth-order valence-electron chi connectivity index (χ4n) is 2.69. The Morgan fingerprint density at radius 1 is 1.29 bits per heavy atom. The smallest absolute Gasteiger partial charge is 0.256 e. The first-order valence-electron chi connectivity index (χ1n) is 6.89. The van der Waals surface area contributed by atoms with E-state index in [2.05, 4.69) is 12.2 Å². The molecule has 1 aromatic heterocycles. The third kappa shape index (κ3) is 3.25. The number of carbonyl (C=O) groups is 1. The minimum atomic E-state index is -0.0830. The summed E-state index contributed by atoms with van der Waals surface area (Å²) in [7, 11) is 0. The summed E-state index contributed by atoms with van der Waals surface area (Å²) >= 11 is 13.6. The van der Waals surface area contributed by atoms with E-state index < -0.39 is 0 Å². The molecule has 110 valence electrons. The first-order valence-corrected chi connectivity index (χ1v) is 8.53. The van der Waals surface area contributed by atoms with Gasteiger partial charge in [-0.2, -0.15) is 0 Å². The molecule has 1 amide bonds. The molecule has 0 bridgehead atoms. The molecule has 21 heavy (non-hydrogen) atoms. The van der Waals surface area contributed by atoms with Crippen LogP contribution < -0.4 is 5.32 Å². The van der Waals surface area contributed by atoms with E-state index in [1.807, 2.05) is 5.38 Å². The lowest BCUT2D eigenvalue weighted by Gasteiger charge is -2.18. The normalized spacial score (nSPS) is 17.4. The molecule has 0 fully saturated rings. The van der Waals surface area contributed by atoms with Crippen molar-refractivity contribution in [1.82, 2.24) is 0 Å². The average molecular weight is 340 g/mol. The maximum atomic E-state index is 12.5. The standard InChI is InChI=1S/C16H15Cl2NOS/c1-9-2-3-13-14(8-21-15(13)4-9)16(20)19-12-6-10(17)5-11(18)7-12/h5-9H,2-4H2,1H3,(H,19,20). The zero-order valence-electron chi connectivity index (χ0n) is 11.6. The number of halogens is 2. The van der Waals surface area contributed by atoms with Gasteiger partial charge in [-0.1, -0.05) is 30.1 Å². The van der Waals surface area contributed by atoms with E-state index in [1.54, 1.807) is 29.5 Å². The Kier molecular flexibility index (Phi) is 4.25. The van der Waals surface area contributed by atoms with E-state index in [4.69, 9.17) is 23.2 Å². The number of amides is 1. The van der Waals surface area contributed by atoms with E-state index in [9.17, 15) is 4.79 Å². The third-order valence-corrected chi connectivity index (χ3v) is 5.25. The summed E-state index contributed by atoms with van der Waals surface area (Å²) in [4.78, 5) is 13.8. The molecule has 0 saturated carbocycles. The molecule has 3 rings (SSSR count). The highest BCUT2D eigenvalue weighted by Gasteiger charge is 2.23. The summed E-state index contributed by atoms with van der Waals surface area (Å²) in [5.41, 5.74) is 2.63. The lowest BCUT2D eigenvalue weighted by atomic mass is 9.88. The summed E-state index contributed by atoms with van der Waals surface area (Å²) in [6, 6.07) is 5.05. The highest BCUT2D eigenvalue weighted by atomic mass is 35.5. The van der Waals surface area contributed by atoms with Crippen LogP contribution in [0, 0.1) is 5.92 Å². The lowest BCUT2D eigenvalue weighted by Crippen LogP contribution is -2.16. The molecule has 1 unspecified atom stereocenters. The number of fused-ring (bicyclic) bond motifs is 1. The summed E-state index contributed by atoms with van der Waals surface area (Å²) in [6.45, 7) is 2.26. The number of rotatable bonds is 2. The van der Waals surface area contributed by atoms with Crippen LogP contribution in [0.4, 0.5) is 5.69 Å². The van der Waals surface area contributed by atoms with Gasteiger partial charge in [-0.05, 0) is 48.9 Å². The molecule has 0 spiro atoms. The minimum Gasteiger partial charge on any atom is -0.322 e. The van der Waals surface area contributed by atoms with E-state index in [-0.39, 0.29) is 5.91 Å². The molecule has 2 aromatic rings. The Morgan fingerprint density at radius 3 is 2.71 bits per heavy atom. The van der Waals surface area contributed by atoms with Crippen LogP contribution in [0.2, 0.25) is 10.0 Å². The highest BCUT2D eigenvalue weighted by molar-refractivity contribution is 7.10. The molecule has 0 radical (unpaired) electrons. The number of anilines is 1. The molecule has 1 aromatic carbocycles. The van der Waals surface area contributed by atoms with Gasteiger partial charge in [-0.25, -0.2) is 0 Å². The summed E-state index contributed by atoms with van der Waals surface area (Å²) in [5, 5.41) is 5.87. The van der Waals surface area contributed by atoms with Crippen LogP contribution in [0.15, 0.2) is 23.6 Å². The van der Waals surface area contributed by atoms with Gasteiger partial charge in [-0.3, -0.25) is 4.79 Å². The maximum Gasteiger partial charge on any atom is 0.256 e. The fraction of sp³-hybridized carbons (Fsp3) is 0.312. The molecule has 1 heterocycles. The Morgan fingerprint density at radius 2 is 2.00 bits per heavy atom. The van der Waals surface area contributed by atoms with Crippen LogP contribution in [0.5, 0.6) is 0 Å². The van der Waals surface area contributed by atoms with E-state index >= 15 is 0 Å².